The number of phenols is 1. The van der Waals surface area contributed by atoms with Gasteiger partial charge in [0.1, 0.15) is 5.75 Å². The van der Waals surface area contributed by atoms with E-state index in [1.165, 1.54) is 5.56 Å². The smallest absolute Gasteiger partial charge is 0.118 e. The fraction of sp³-hybridized carbons (Fsp3) is 0.400. The zero-order valence-electron chi connectivity index (χ0n) is 7.26. The van der Waals surface area contributed by atoms with Crippen molar-refractivity contribution < 1.29 is 5.11 Å². The summed E-state index contributed by atoms with van der Waals surface area (Å²) in [4.78, 5) is 0. The third kappa shape index (κ3) is 1.73. The van der Waals surface area contributed by atoms with Crippen molar-refractivity contribution in [3.05, 3.63) is 29.3 Å². The van der Waals surface area contributed by atoms with Crippen LogP contribution in [-0.2, 0) is 0 Å². The molecule has 1 heteroatoms. The van der Waals surface area contributed by atoms with Crippen molar-refractivity contribution in [3.63, 3.8) is 0 Å². The zero-order valence-corrected chi connectivity index (χ0v) is 7.26. The molecule has 1 rings (SSSR count). The minimum absolute atomic E-state index is 0.384. The maximum absolute atomic E-state index is 9.23. The van der Waals surface area contributed by atoms with Crippen molar-refractivity contribution in [3.8, 4) is 5.75 Å². The van der Waals surface area contributed by atoms with Crippen LogP contribution in [0.3, 0.4) is 0 Å². The topological polar surface area (TPSA) is 20.2 Å². The van der Waals surface area contributed by atoms with Crippen LogP contribution in [0.5, 0.6) is 5.75 Å². The van der Waals surface area contributed by atoms with Crippen molar-refractivity contribution in [1.29, 1.82) is 0 Å². The first-order valence-electron chi connectivity index (χ1n) is 3.91. The van der Waals surface area contributed by atoms with Gasteiger partial charge in [-0.3, -0.25) is 0 Å². The highest BCUT2D eigenvalue weighted by molar-refractivity contribution is 5.35. The minimum atomic E-state index is 0.384. The second-order valence-corrected chi connectivity index (χ2v) is 3.20. The van der Waals surface area contributed by atoms with Gasteiger partial charge in [0.15, 0.2) is 0 Å². The maximum atomic E-state index is 9.23. The van der Waals surface area contributed by atoms with Crippen LogP contribution in [0.1, 0.15) is 30.9 Å². The van der Waals surface area contributed by atoms with Crippen LogP contribution in [0.2, 0.25) is 0 Å². The molecule has 0 aliphatic carbocycles. The molecule has 0 unspecified atom stereocenters. The number of hydrogen-bond acceptors (Lipinski definition) is 1. The molecule has 0 amide bonds. The standard InChI is InChI=1S/C10H14O/c1-7(2)9-4-5-10(11)8(3)6-9/h4-7,11H,1-3H3. The molecule has 0 atom stereocenters. The quantitative estimate of drug-likeness (QED) is 0.652. The van der Waals surface area contributed by atoms with E-state index in [0.29, 0.717) is 11.7 Å². The van der Waals surface area contributed by atoms with Crippen molar-refractivity contribution in [2.24, 2.45) is 0 Å². The summed E-state index contributed by atoms with van der Waals surface area (Å²) in [5.41, 5.74) is 2.23. The molecule has 0 aromatic heterocycles. The molecular weight excluding hydrogens is 136 g/mol. The number of benzene rings is 1. The van der Waals surface area contributed by atoms with Gasteiger partial charge in [0, 0.05) is 0 Å². The van der Waals surface area contributed by atoms with E-state index < -0.39 is 0 Å². The molecule has 60 valence electrons. The van der Waals surface area contributed by atoms with Crippen LogP contribution in [0.4, 0.5) is 0 Å². The van der Waals surface area contributed by atoms with E-state index in [1.54, 1.807) is 6.07 Å². The molecule has 11 heavy (non-hydrogen) atoms. The van der Waals surface area contributed by atoms with Gasteiger partial charge in [-0.05, 0) is 30.0 Å². The Bertz CT molecular complexity index is 251. The highest BCUT2D eigenvalue weighted by atomic mass is 16.3. The lowest BCUT2D eigenvalue weighted by molar-refractivity contribution is 0.470. The Hall–Kier alpha value is -0.980. The second kappa shape index (κ2) is 2.95. The minimum Gasteiger partial charge on any atom is -0.508 e. The molecule has 1 N–H and O–H groups in total. The molecule has 1 aromatic rings. The molecule has 0 saturated carbocycles. The first-order chi connectivity index (χ1) is 5.11. The highest BCUT2D eigenvalue weighted by Gasteiger charge is 2.00. The third-order valence-electron chi connectivity index (χ3n) is 1.89. The van der Waals surface area contributed by atoms with Gasteiger partial charge in [0.2, 0.25) is 0 Å². The number of rotatable bonds is 1. The Kier molecular flexibility index (Phi) is 2.18. The van der Waals surface area contributed by atoms with E-state index >= 15 is 0 Å². The lowest BCUT2D eigenvalue weighted by Gasteiger charge is -2.06. The highest BCUT2D eigenvalue weighted by Crippen LogP contribution is 2.21. The van der Waals surface area contributed by atoms with Gasteiger partial charge < -0.3 is 5.11 Å². The van der Waals surface area contributed by atoms with Crippen LogP contribution in [0.15, 0.2) is 18.2 Å². The van der Waals surface area contributed by atoms with Gasteiger partial charge in [-0.2, -0.15) is 0 Å². The molecule has 0 heterocycles. The van der Waals surface area contributed by atoms with Crippen LogP contribution in [0, 0.1) is 6.92 Å². The van der Waals surface area contributed by atoms with E-state index in [-0.39, 0.29) is 0 Å². The van der Waals surface area contributed by atoms with E-state index in [1.807, 2.05) is 19.1 Å². The van der Waals surface area contributed by atoms with Crippen molar-refractivity contribution in [1.82, 2.24) is 0 Å². The summed E-state index contributed by atoms with van der Waals surface area (Å²) in [7, 11) is 0. The SMILES string of the molecule is Cc1cc(C(C)C)ccc1O. The largest absolute Gasteiger partial charge is 0.508 e. The summed E-state index contributed by atoms with van der Waals surface area (Å²) >= 11 is 0. The zero-order chi connectivity index (χ0) is 8.43. The summed E-state index contributed by atoms with van der Waals surface area (Å²) in [6.45, 7) is 6.21. The third-order valence-corrected chi connectivity index (χ3v) is 1.89. The fourth-order valence-corrected chi connectivity index (χ4v) is 1.04. The summed E-state index contributed by atoms with van der Waals surface area (Å²) in [5, 5.41) is 9.23. The summed E-state index contributed by atoms with van der Waals surface area (Å²) in [6, 6.07) is 5.75. The monoisotopic (exact) mass is 150 g/mol. The molecule has 0 aliphatic rings. The van der Waals surface area contributed by atoms with E-state index in [2.05, 4.69) is 13.8 Å². The molecule has 0 spiro atoms. The van der Waals surface area contributed by atoms with Crippen LogP contribution in [-0.4, -0.2) is 5.11 Å². The van der Waals surface area contributed by atoms with Crippen LogP contribution in [0.25, 0.3) is 0 Å². The lowest BCUT2D eigenvalue weighted by atomic mass is 10.0. The van der Waals surface area contributed by atoms with Crippen molar-refractivity contribution in [2.75, 3.05) is 0 Å². The van der Waals surface area contributed by atoms with Gasteiger partial charge in [0.25, 0.3) is 0 Å². The van der Waals surface area contributed by atoms with Gasteiger partial charge in [0.05, 0.1) is 0 Å². The van der Waals surface area contributed by atoms with Crippen molar-refractivity contribution in [2.45, 2.75) is 26.7 Å². The molecule has 0 radical (unpaired) electrons. The molecular formula is C10H14O. The number of phenolic OH excluding ortho intramolecular Hbond substituents is 1. The Labute approximate surface area is 67.7 Å². The summed E-state index contributed by atoms with van der Waals surface area (Å²) in [5.74, 6) is 0.920. The molecule has 0 aliphatic heterocycles. The van der Waals surface area contributed by atoms with Gasteiger partial charge >= 0.3 is 0 Å². The summed E-state index contributed by atoms with van der Waals surface area (Å²) in [6.07, 6.45) is 0. The number of hydrogen-bond donors (Lipinski definition) is 1. The van der Waals surface area contributed by atoms with Crippen LogP contribution < -0.4 is 0 Å². The van der Waals surface area contributed by atoms with E-state index in [9.17, 15) is 5.11 Å². The first-order valence-corrected chi connectivity index (χ1v) is 3.91. The van der Waals surface area contributed by atoms with Crippen molar-refractivity contribution >= 4 is 0 Å². The molecule has 1 nitrogen and oxygen atoms in total. The Balaban J connectivity index is 3.05. The molecule has 0 fully saturated rings. The van der Waals surface area contributed by atoms with Gasteiger partial charge in [-0.1, -0.05) is 26.0 Å². The van der Waals surface area contributed by atoms with Gasteiger partial charge in [-0.25, -0.2) is 0 Å². The van der Waals surface area contributed by atoms with Crippen LogP contribution >= 0.6 is 0 Å². The molecule has 0 bridgehead atoms. The first kappa shape index (κ1) is 8.12. The second-order valence-electron chi connectivity index (χ2n) is 3.20. The van der Waals surface area contributed by atoms with Gasteiger partial charge in [-0.15, -0.1) is 0 Å². The average molecular weight is 150 g/mol. The Morgan fingerprint density at radius 1 is 1.27 bits per heavy atom. The normalized spacial score (nSPS) is 10.5. The lowest BCUT2D eigenvalue weighted by Crippen LogP contribution is -1.87. The number of aryl methyl sites for hydroxylation is 1. The van der Waals surface area contributed by atoms with E-state index in [4.69, 9.17) is 0 Å². The predicted octanol–water partition coefficient (Wildman–Crippen LogP) is 2.82. The Morgan fingerprint density at radius 3 is 2.36 bits per heavy atom. The number of aromatic hydroxyl groups is 1. The predicted molar refractivity (Wildman–Crippen MR) is 46.9 cm³/mol. The Morgan fingerprint density at radius 2 is 1.91 bits per heavy atom. The average Bonchev–Trinajstić information content (AvgIpc) is 1.94. The molecule has 1 aromatic carbocycles. The van der Waals surface area contributed by atoms with E-state index in [0.717, 1.165) is 5.56 Å². The molecule has 0 saturated heterocycles. The summed E-state index contributed by atoms with van der Waals surface area (Å²) < 4.78 is 0. The fourth-order valence-electron chi connectivity index (χ4n) is 1.04. The maximum Gasteiger partial charge on any atom is 0.118 e.